The molecule has 0 spiro atoms. The first-order chi connectivity index (χ1) is 22.4. The Kier molecular flexibility index (Phi) is 6.47. The number of amides is 1. The lowest BCUT2D eigenvalue weighted by molar-refractivity contribution is -0.384. The standard InChI is InChI=1S/C32H31FN8O5S/c1-19-15-39-16-21(11-27(33)30(39)34-19)35-31(42)25-7-8-28(26-18-37(2)36-29(25)26)38-10-9-23(17-38)40(32-12-20(13-32)14-32)47(45,46)24-5-3-22(4-6-24)41(43)44/h3-8,11,15-16,18,20,23H,9-10,12-14,17H2,1-2H3,(H,35,42)/t20?,23-,32?/m1/s1. The van der Waals surface area contributed by atoms with E-state index in [1.54, 1.807) is 41.4 Å². The van der Waals surface area contributed by atoms with Gasteiger partial charge in [-0.15, -0.1) is 0 Å². The third-order valence-electron chi connectivity index (χ3n) is 9.81. The van der Waals surface area contributed by atoms with Crippen molar-refractivity contribution in [2.24, 2.45) is 13.0 Å². The molecule has 2 aromatic carbocycles. The van der Waals surface area contributed by atoms with Gasteiger partial charge in [-0.2, -0.15) is 9.40 Å². The molecule has 0 unspecified atom stereocenters. The van der Waals surface area contributed by atoms with Gasteiger partial charge in [-0.3, -0.25) is 19.6 Å². The van der Waals surface area contributed by atoms with E-state index in [9.17, 15) is 27.7 Å². The van der Waals surface area contributed by atoms with E-state index in [2.05, 4.69) is 20.3 Å². The molecule has 3 saturated carbocycles. The normalized spacial score (nSPS) is 22.1. The van der Waals surface area contributed by atoms with Crippen LogP contribution >= 0.6 is 0 Å². The number of anilines is 2. The van der Waals surface area contributed by atoms with Crippen LogP contribution in [-0.4, -0.2) is 67.4 Å². The first-order valence-corrected chi connectivity index (χ1v) is 16.8. The lowest BCUT2D eigenvalue weighted by Crippen LogP contribution is -2.71. The minimum atomic E-state index is -3.93. The van der Waals surface area contributed by atoms with Gasteiger partial charge in [0.15, 0.2) is 11.5 Å². The van der Waals surface area contributed by atoms with E-state index < -0.39 is 32.2 Å². The molecule has 1 N–H and O–H groups in total. The van der Waals surface area contributed by atoms with Crippen LogP contribution in [0.1, 0.15) is 41.7 Å². The maximum Gasteiger partial charge on any atom is 0.269 e. The van der Waals surface area contributed by atoms with E-state index in [0.29, 0.717) is 42.2 Å². The Balaban J connectivity index is 1.08. The van der Waals surface area contributed by atoms with Gasteiger partial charge < -0.3 is 14.6 Å². The largest absolute Gasteiger partial charge is 0.369 e. The zero-order valence-electron chi connectivity index (χ0n) is 25.6. The highest BCUT2D eigenvalue weighted by Gasteiger charge is 2.64. The number of imidazole rings is 1. The lowest BCUT2D eigenvalue weighted by Gasteiger charge is -2.66. The van der Waals surface area contributed by atoms with E-state index in [-0.39, 0.29) is 28.0 Å². The fourth-order valence-electron chi connectivity index (χ4n) is 7.66. The Morgan fingerprint density at radius 2 is 1.87 bits per heavy atom. The summed E-state index contributed by atoms with van der Waals surface area (Å²) in [5, 5.41) is 19.3. The predicted molar refractivity (Wildman–Crippen MR) is 171 cm³/mol. The molecule has 3 aromatic heterocycles. The van der Waals surface area contributed by atoms with Crippen molar-refractivity contribution in [1.29, 1.82) is 0 Å². The summed E-state index contributed by atoms with van der Waals surface area (Å²) in [6, 6.07) is 9.58. The first kappa shape index (κ1) is 29.5. The van der Waals surface area contributed by atoms with Gasteiger partial charge in [0, 0.05) is 79.6 Å². The summed E-state index contributed by atoms with van der Waals surface area (Å²) in [7, 11) is -2.16. The van der Waals surface area contributed by atoms with Crippen LogP contribution in [0.15, 0.2) is 66.0 Å². The highest BCUT2D eigenvalue weighted by Crippen LogP contribution is 2.62. The van der Waals surface area contributed by atoms with Crippen LogP contribution in [0.4, 0.5) is 21.5 Å². The minimum absolute atomic E-state index is 0.0542. The number of rotatable bonds is 8. The van der Waals surface area contributed by atoms with E-state index >= 15 is 0 Å². The van der Waals surface area contributed by atoms with Crippen molar-refractivity contribution < 1.29 is 22.5 Å². The molecule has 0 radical (unpaired) electrons. The Morgan fingerprint density at radius 3 is 2.55 bits per heavy atom. The number of aryl methyl sites for hydroxylation is 2. The van der Waals surface area contributed by atoms with Gasteiger partial charge in [0.05, 0.1) is 26.8 Å². The summed E-state index contributed by atoms with van der Waals surface area (Å²) in [4.78, 5) is 30.5. The van der Waals surface area contributed by atoms with Crippen molar-refractivity contribution in [3.8, 4) is 0 Å². The lowest BCUT2D eigenvalue weighted by atomic mass is 9.49. The number of nitro groups is 1. The predicted octanol–water partition coefficient (Wildman–Crippen LogP) is 4.65. The van der Waals surface area contributed by atoms with Gasteiger partial charge >= 0.3 is 0 Å². The number of nitro benzene ring substituents is 1. The van der Waals surface area contributed by atoms with E-state index in [1.807, 2.05) is 12.3 Å². The molecule has 242 valence electrons. The maximum absolute atomic E-state index is 14.7. The second kappa shape index (κ2) is 10.3. The van der Waals surface area contributed by atoms with Crippen LogP contribution in [0.3, 0.4) is 0 Å². The zero-order chi connectivity index (χ0) is 32.8. The van der Waals surface area contributed by atoms with E-state index in [0.717, 1.165) is 30.3 Å². The molecule has 3 aliphatic carbocycles. The highest BCUT2D eigenvalue weighted by molar-refractivity contribution is 7.89. The molecule has 15 heteroatoms. The SMILES string of the molecule is Cc1cn2cc(NC(=O)c3ccc(N4CC[C@@H](N(C56CC(C5)C6)S(=O)(=O)c5ccc([N+](=O)[O-])cc5)C4)c4cn(C)nc34)cc(F)c2n1. The Hall–Kier alpha value is -4.89. The van der Waals surface area contributed by atoms with Gasteiger partial charge in [-0.1, -0.05) is 0 Å². The number of hydrogen-bond acceptors (Lipinski definition) is 8. The number of hydrogen-bond donors (Lipinski definition) is 1. The van der Waals surface area contributed by atoms with Gasteiger partial charge in [0.25, 0.3) is 11.6 Å². The summed E-state index contributed by atoms with van der Waals surface area (Å²) in [6.45, 7) is 2.80. The summed E-state index contributed by atoms with van der Waals surface area (Å²) in [5.74, 6) is -0.460. The Morgan fingerprint density at radius 1 is 1.13 bits per heavy atom. The maximum atomic E-state index is 14.7. The van der Waals surface area contributed by atoms with Crippen LogP contribution < -0.4 is 10.2 Å². The summed E-state index contributed by atoms with van der Waals surface area (Å²) < 4.78 is 47.8. The van der Waals surface area contributed by atoms with Crippen molar-refractivity contribution in [3.63, 3.8) is 0 Å². The molecule has 1 saturated heterocycles. The van der Waals surface area contributed by atoms with Crippen molar-refractivity contribution in [1.82, 2.24) is 23.5 Å². The second-order valence-corrected chi connectivity index (χ2v) is 14.8. The molecule has 1 aliphatic heterocycles. The molecule has 1 amide bonds. The van der Waals surface area contributed by atoms with E-state index in [1.165, 1.54) is 34.7 Å². The molecular formula is C32H31FN8O5S. The molecule has 9 rings (SSSR count). The number of carbonyl (C=O) groups excluding carboxylic acids is 1. The molecule has 4 aliphatic rings. The molecule has 13 nitrogen and oxygen atoms in total. The molecule has 4 heterocycles. The van der Waals surface area contributed by atoms with E-state index in [4.69, 9.17) is 0 Å². The number of halogens is 1. The number of nitrogens with zero attached hydrogens (tertiary/aromatic N) is 7. The summed E-state index contributed by atoms with van der Waals surface area (Å²) in [5.41, 5.74) is 2.14. The second-order valence-electron chi connectivity index (χ2n) is 13.0. The summed E-state index contributed by atoms with van der Waals surface area (Å²) in [6.07, 6.45) is 8.19. The smallest absolute Gasteiger partial charge is 0.269 e. The van der Waals surface area contributed by atoms with Crippen LogP contribution in [-0.2, 0) is 17.1 Å². The fraction of sp³-hybridized carbons (Fsp3) is 0.344. The quantitative estimate of drug-likeness (QED) is 0.187. The Labute approximate surface area is 268 Å². The average molecular weight is 659 g/mol. The molecule has 5 aromatic rings. The molecule has 47 heavy (non-hydrogen) atoms. The number of pyridine rings is 1. The van der Waals surface area contributed by atoms with Crippen LogP contribution in [0.25, 0.3) is 16.6 Å². The number of nitrogens with one attached hydrogen (secondary N) is 1. The molecule has 1 atom stereocenters. The van der Waals surface area contributed by atoms with Crippen molar-refractivity contribution in [2.75, 3.05) is 23.3 Å². The van der Waals surface area contributed by atoms with Gasteiger partial charge in [-0.25, -0.2) is 17.8 Å². The van der Waals surface area contributed by atoms with Gasteiger partial charge in [0.1, 0.15) is 5.52 Å². The molecule has 4 fully saturated rings. The number of sulfonamides is 1. The number of fused-ring (bicyclic) bond motifs is 2. The van der Waals surface area contributed by atoms with Crippen LogP contribution in [0.5, 0.6) is 0 Å². The topological polar surface area (TPSA) is 148 Å². The van der Waals surface area contributed by atoms with Gasteiger partial charge in [-0.05, 0) is 62.8 Å². The highest BCUT2D eigenvalue weighted by atomic mass is 32.2. The first-order valence-electron chi connectivity index (χ1n) is 15.4. The van der Waals surface area contributed by atoms with Crippen molar-refractivity contribution >= 4 is 49.5 Å². The van der Waals surface area contributed by atoms with Crippen molar-refractivity contribution in [3.05, 3.63) is 88.2 Å². The van der Waals surface area contributed by atoms with Crippen molar-refractivity contribution in [2.45, 2.75) is 49.1 Å². The molecule has 2 bridgehead atoms. The third-order valence-corrected chi connectivity index (χ3v) is 11.9. The number of non-ortho nitro benzene ring substituents is 1. The third kappa shape index (κ3) is 4.66. The minimum Gasteiger partial charge on any atom is -0.369 e. The average Bonchev–Trinajstić information content (AvgIpc) is 3.71. The number of benzene rings is 2. The zero-order valence-corrected chi connectivity index (χ0v) is 26.4. The number of carbonyl (C=O) groups is 1. The van der Waals surface area contributed by atoms with Crippen LogP contribution in [0.2, 0.25) is 0 Å². The number of aromatic nitrogens is 4. The summed E-state index contributed by atoms with van der Waals surface area (Å²) >= 11 is 0. The molecular weight excluding hydrogens is 627 g/mol. The van der Waals surface area contributed by atoms with Crippen LogP contribution in [0, 0.1) is 28.8 Å². The monoisotopic (exact) mass is 658 g/mol. The Bertz CT molecular complexity index is 2210. The fourth-order valence-corrected chi connectivity index (χ4v) is 9.66. The van der Waals surface area contributed by atoms with Gasteiger partial charge in [0.2, 0.25) is 10.0 Å².